The Morgan fingerprint density at radius 1 is 1.35 bits per heavy atom. The van der Waals surface area contributed by atoms with Gasteiger partial charge in [0.15, 0.2) is 5.78 Å². The maximum Gasteiger partial charge on any atom is 0.188 e. The highest BCUT2D eigenvalue weighted by Crippen LogP contribution is 2.00. The van der Waals surface area contributed by atoms with Crippen LogP contribution in [0.15, 0.2) is 62.1 Å². The number of ketones is 1. The van der Waals surface area contributed by atoms with Crippen LogP contribution in [0.2, 0.25) is 0 Å². The van der Waals surface area contributed by atoms with E-state index in [0.29, 0.717) is 18.7 Å². The summed E-state index contributed by atoms with van der Waals surface area (Å²) in [6.07, 6.45) is 10.0. The molecule has 1 aromatic heterocycles. The minimum absolute atomic E-state index is 0.0591. The third-order valence-corrected chi connectivity index (χ3v) is 2.11. The van der Waals surface area contributed by atoms with Crippen LogP contribution in [0.3, 0.4) is 0 Å². The van der Waals surface area contributed by atoms with E-state index in [-0.39, 0.29) is 5.78 Å². The molecule has 3 heteroatoms. The first-order valence-corrected chi connectivity index (χ1v) is 5.36. The molecule has 0 aliphatic rings. The van der Waals surface area contributed by atoms with Crippen LogP contribution in [0.5, 0.6) is 0 Å². The normalized spacial score (nSPS) is 10.1. The van der Waals surface area contributed by atoms with E-state index in [4.69, 9.17) is 0 Å². The zero-order valence-corrected chi connectivity index (χ0v) is 9.75. The largest absolute Gasteiger partial charge is 0.370 e. The molecule has 0 aliphatic carbocycles. The van der Waals surface area contributed by atoms with E-state index in [9.17, 15) is 4.79 Å². The van der Waals surface area contributed by atoms with Crippen LogP contribution < -0.4 is 0 Å². The quantitative estimate of drug-likeness (QED) is 0.408. The molecule has 0 atom stereocenters. The lowest BCUT2D eigenvalue weighted by Gasteiger charge is -2.15. The summed E-state index contributed by atoms with van der Waals surface area (Å²) in [6, 6.07) is 3.48. The second-order valence-corrected chi connectivity index (χ2v) is 3.45. The fourth-order valence-corrected chi connectivity index (χ4v) is 1.31. The van der Waals surface area contributed by atoms with Crippen molar-refractivity contribution >= 4 is 5.78 Å². The topological polar surface area (TPSA) is 33.2 Å². The highest BCUT2D eigenvalue weighted by Gasteiger charge is 2.01. The number of aromatic nitrogens is 1. The van der Waals surface area contributed by atoms with Crippen molar-refractivity contribution in [2.45, 2.75) is 0 Å². The van der Waals surface area contributed by atoms with Crippen molar-refractivity contribution in [1.29, 1.82) is 0 Å². The summed E-state index contributed by atoms with van der Waals surface area (Å²) in [6.45, 7) is 8.69. The molecule has 0 aliphatic heterocycles. The van der Waals surface area contributed by atoms with Gasteiger partial charge in [-0.25, -0.2) is 0 Å². The summed E-state index contributed by atoms with van der Waals surface area (Å²) in [5.41, 5.74) is 0.584. The molecular formula is C14H16N2O. The lowest BCUT2D eigenvalue weighted by Crippen LogP contribution is -2.17. The summed E-state index contributed by atoms with van der Waals surface area (Å²) < 4.78 is 0. The van der Waals surface area contributed by atoms with Gasteiger partial charge in [0.05, 0.1) is 0 Å². The van der Waals surface area contributed by atoms with Gasteiger partial charge in [-0.2, -0.15) is 0 Å². The number of hydrogen-bond donors (Lipinski definition) is 0. The van der Waals surface area contributed by atoms with Crippen molar-refractivity contribution in [3.63, 3.8) is 0 Å². The van der Waals surface area contributed by atoms with Gasteiger partial charge in [0.2, 0.25) is 0 Å². The number of nitrogens with zero attached hydrogens (tertiary/aromatic N) is 2. The Balaban J connectivity index is 2.65. The van der Waals surface area contributed by atoms with Gasteiger partial charge in [-0.05, 0) is 12.1 Å². The third kappa shape index (κ3) is 4.47. The van der Waals surface area contributed by atoms with Crippen molar-refractivity contribution in [3.8, 4) is 0 Å². The molecule has 1 heterocycles. The number of pyridine rings is 1. The minimum Gasteiger partial charge on any atom is -0.370 e. The summed E-state index contributed by atoms with van der Waals surface area (Å²) in [7, 11) is 0. The van der Waals surface area contributed by atoms with Gasteiger partial charge in [-0.15, -0.1) is 13.2 Å². The van der Waals surface area contributed by atoms with Gasteiger partial charge in [0.1, 0.15) is 0 Å². The molecule has 0 N–H and O–H groups in total. The Bertz CT molecular complexity index is 399. The van der Waals surface area contributed by atoms with Crippen molar-refractivity contribution < 1.29 is 4.79 Å². The van der Waals surface area contributed by atoms with Crippen molar-refractivity contribution in [2.75, 3.05) is 13.1 Å². The van der Waals surface area contributed by atoms with Gasteiger partial charge in [-0.3, -0.25) is 9.78 Å². The Morgan fingerprint density at radius 2 is 2.06 bits per heavy atom. The summed E-state index contributed by atoms with van der Waals surface area (Å²) in [5.74, 6) is -0.0591. The lowest BCUT2D eigenvalue weighted by atomic mass is 10.2. The van der Waals surface area contributed by atoms with Gasteiger partial charge < -0.3 is 4.90 Å². The average molecular weight is 228 g/mol. The predicted molar refractivity (Wildman–Crippen MR) is 69.7 cm³/mol. The van der Waals surface area contributed by atoms with E-state index >= 15 is 0 Å². The van der Waals surface area contributed by atoms with Gasteiger partial charge >= 0.3 is 0 Å². The Hall–Kier alpha value is -2.16. The van der Waals surface area contributed by atoms with E-state index in [2.05, 4.69) is 18.1 Å². The molecule has 0 saturated carbocycles. The maximum atomic E-state index is 11.8. The molecule has 0 fully saturated rings. The first-order chi connectivity index (χ1) is 8.27. The zero-order chi connectivity index (χ0) is 12.5. The molecule has 3 nitrogen and oxygen atoms in total. The molecule has 0 spiro atoms. The number of carbonyl (C=O) groups is 1. The average Bonchev–Trinajstić information content (AvgIpc) is 2.37. The number of rotatable bonds is 7. The molecule has 0 saturated heterocycles. The molecular weight excluding hydrogens is 212 g/mol. The van der Waals surface area contributed by atoms with Crippen molar-refractivity contribution in [2.24, 2.45) is 0 Å². The van der Waals surface area contributed by atoms with Crippen molar-refractivity contribution in [3.05, 3.63) is 67.7 Å². The SMILES string of the molecule is C=CCN(C=CC(=O)c1cccnc1)CC=C. The molecule has 0 bridgehead atoms. The van der Waals surface area contributed by atoms with E-state index in [1.807, 2.05) is 4.90 Å². The van der Waals surface area contributed by atoms with Crippen LogP contribution in [0.1, 0.15) is 10.4 Å². The van der Waals surface area contributed by atoms with E-state index in [1.165, 1.54) is 6.08 Å². The third-order valence-electron chi connectivity index (χ3n) is 2.11. The predicted octanol–water partition coefficient (Wildman–Crippen LogP) is 2.45. The molecule has 0 radical (unpaired) electrons. The Labute approximate surface area is 102 Å². The monoisotopic (exact) mass is 228 g/mol. The fourth-order valence-electron chi connectivity index (χ4n) is 1.31. The molecule has 0 unspecified atom stereocenters. The van der Waals surface area contributed by atoms with Crippen LogP contribution >= 0.6 is 0 Å². The molecule has 1 aromatic rings. The molecule has 17 heavy (non-hydrogen) atoms. The Morgan fingerprint density at radius 3 is 2.59 bits per heavy atom. The molecule has 0 amide bonds. The molecule has 0 aromatic carbocycles. The van der Waals surface area contributed by atoms with Gasteiger partial charge in [-0.1, -0.05) is 12.2 Å². The fraction of sp³-hybridized carbons (Fsp3) is 0.143. The summed E-state index contributed by atoms with van der Waals surface area (Å²) in [5, 5.41) is 0. The van der Waals surface area contributed by atoms with Crippen LogP contribution in [-0.2, 0) is 0 Å². The Kier molecular flexibility index (Phi) is 5.44. The standard InChI is InChI=1S/C14H16N2O/c1-3-9-16(10-4-2)11-7-14(17)13-6-5-8-15-12-13/h3-8,11-12H,1-2,9-10H2. The smallest absolute Gasteiger partial charge is 0.188 e. The minimum atomic E-state index is -0.0591. The second kappa shape index (κ2) is 7.17. The molecule has 1 rings (SSSR count). The second-order valence-electron chi connectivity index (χ2n) is 3.45. The number of carbonyl (C=O) groups excluding carboxylic acids is 1. The van der Waals surface area contributed by atoms with Crippen LogP contribution in [0.25, 0.3) is 0 Å². The van der Waals surface area contributed by atoms with E-state index in [0.717, 1.165) is 0 Å². The summed E-state index contributed by atoms with van der Waals surface area (Å²) >= 11 is 0. The maximum absolute atomic E-state index is 11.8. The summed E-state index contributed by atoms with van der Waals surface area (Å²) in [4.78, 5) is 17.6. The van der Waals surface area contributed by atoms with Crippen LogP contribution in [0.4, 0.5) is 0 Å². The number of allylic oxidation sites excluding steroid dienone is 1. The van der Waals surface area contributed by atoms with Gasteiger partial charge in [0, 0.05) is 43.3 Å². The first-order valence-electron chi connectivity index (χ1n) is 5.36. The van der Waals surface area contributed by atoms with E-state index < -0.39 is 0 Å². The highest BCUT2D eigenvalue weighted by molar-refractivity contribution is 6.04. The van der Waals surface area contributed by atoms with E-state index in [1.54, 1.807) is 42.9 Å². The number of hydrogen-bond acceptors (Lipinski definition) is 3. The zero-order valence-electron chi connectivity index (χ0n) is 9.75. The first kappa shape index (κ1) is 12.9. The van der Waals surface area contributed by atoms with Crippen LogP contribution in [-0.4, -0.2) is 28.8 Å². The highest BCUT2D eigenvalue weighted by atomic mass is 16.1. The lowest BCUT2D eigenvalue weighted by molar-refractivity contribution is 0.104. The van der Waals surface area contributed by atoms with Gasteiger partial charge in [0.25, 0.3) is 0 Å². The van der Waals surface area contributed by atoms with Crippen molar-refractivity contribution in [1.82, 2.24) is 9.88 Å². The van der Waals surface area contributed by atoms with Crippen LogP contribution in [0, 0.1) is 0 Å². The molecule has 88 valence electrons.